The van der Waals surface area contributed by atoms with E-state index in [1.54, 1.807) is 21.3 Å². The highest BCUT2D eigenvalue weighted by Gasteiger charge is 2.38. The van der Waals surface area contributed by atoms with Crippen molar-refractivity contribution in [1.29, 1.82) is 0 Å². The summed E-state index contributed by atoms with van der Waals surface area (Å²) < 4.78 is 27.5. The number of amides is 1. The van der Waals surface area contributed by atoms with E-state index in [-0.39, 0.29) is 22.8 Å². The Labute approximate surface area is 137 Å². The number of carbonyl (C=O) groups excluding carboxylic acids is 1. The summed E-state index contributed by atoms with van der Waals surface area (Å²) in [5.74, 6) is 0.152. The molecule has 3 rings (SSSR count). The zero-order valence-electron chi connectivity index (χ0n) is 13.5. The molecule has 1 amide bonds. The van der Waals surface area contributed by atoms with E-state index in [4.69, 9.17) is 5.73 Å². The molecular weight excluding hydrogens is 314 g/mol. The second-order valence-corrected chi connectivity index (χ2v) is 8.36. The maximum Gasteiger partial charge on any atom is 0.243 e. The number of benzene rings is 1. The van der Waals surface area contributed by atoms with E-state index in [1.165, 1.54) is 6.92 Å². The van der Waals surface area contributed by atoms with Gasteiger partial charge in [0.15, 0.2) is 0 Å². The zero-order chi connectivity index (χ0) is 16.8. The lowest BCUT2D eigenvalue weighted by atomic mass is 10.1. The number of anilines is 1. The van der Waals surface area contributed by atoms with Crippen molar-refractivity contribution < 1.29 is 13.2 Å². The number of nitrogens with two attached hydrogens (primary N) is 1. The van der Waals surface area contributed by atoms with Gasteiger partial charge in [-0.3, -0.25) is 4.79 Å². The Morgan fingerprint density at radius 1 is 1.39 bits per heavy atom. The molecule has 23 heavy (non-hydrogen) atoms. The lowest BCUT2D eigenvalue weighted by molar-refractivity contribution is -0.116. The molecule has 2 heterocycles. The lowest BCUT2D eigenvalue weighted by Crippen LogP contribution is -2.34. The quantitative estimate of drug-likeness (QED) is 0.890. The van der Waals surface area contributed by atoms with Gasteiger partial charge >= 0.3 is 0 Å². The van der Waals surface area contributed by atoms with Crippen LogP contribution in [0.1, 0.15) is 25.8 Å². The first-order chi connectivity index (χ1) is 10.8. The third-order valence-electron chi connectivity index (χ3n) is 4.88. The van der Waals surface area contributed by atoms with Crippen LogP contribution in [0.5, 0.6) is 0 Å². The molecule has 0 saturated carbocycles. The van der Waals surface area contributed by atoms with E-state index in [0.29, 0.717) is 19.6 Å². The number of rotatable bonds is 3. The first-order valence-corrected chi connectivity index (χ1v) is 9.41. The second-order valence-electron chi connectivity index (χ2n) is 6.47. The third kappa shape index (κ3) is 2.77. The van der Waals surface area contributed by atoms with Crippen LogP contribution in [-0.4, -0.2) is 44.3 Å². The molecule has 0 aliphatic carbocycles. The third-order valence-corrected chi connectivity index (χ3v) is 6.85. The topological polar surface area (TPSA) is 83.7 Å². The molecule has 2 atom stereocenters. The smallest absolute Gasteiger partial charge is 0.243 e. The minimum atomic E-state index is -3.56. The van der Waals surface area contributed by atoms with Gasteiger partial charge in [0, 0.05) is 31.7 Å². The van der Waals surface area contributed by atoms with Crippen molar-refractivity contribution >= 4 is 21.6 Å². The minimum absolute atomic E-state index is 0.0503. The van der Waals surface area contributed by atoms with E-state index in [1.807, 2.05) is 13.0 Å². The van der Waals surface area contributed by atoms with Gasteiger partial charge in [-0.1, -0.05) is 6.07 Å². The normalized spacial score (nSPS) is 24.9. The van der Waals surface area contributed by atoms with Gasteiger partial charge in [0.2, 0.25) is 15.9 Å². The molecule has 126 valence electrons. The van der Waals surface area contributed by atoms with Crippen molar-refractivity contribution in [2.24, 2.45) is 11.7 Å². The zero-order valence-corrected chi connectivity index (χ0v) is 14.3. The molecule has 1 fully saturated rings. The van der Waals surface area contributed by atoms with Crippen LogP contribution in [0.2, 0.25) is 0 Å². The Morgan fingerprint density at radius 3 is 2.74 bits per heavy atom. The Balaban J connectivity index is 1.96. The number of hydrogen-bond acceptors (Lipinski definition) is 4. The molecule has 6 nitrogen and oxygen atoms in total. The molecule has 2 aliphatic heterocycles. The van der Waals surface area contributed by atoms with E-state index in [0.717, 1.165) is 24.1 Å². The highest BCUT2D eigenvalue weighted by molar-refractivity contribution is 7.89. The molecule has 1 saturated heterocycles. The predicted molar refractivity (Wildman–Crippen MR) is 88.7 cm³/mol. The van der Waals surface area contributed by atoms with Gasteiger partial charge in [0.05, 0.1) is 4.90 Å². The Morgan fingerprint density at radius 2 is 2.13 bits per heavy atom. The number of hydrogen-bond donors (Lipinski definition) is 1. The fourth-order valence-corrected chi connectivity index (χ4v) is 5.33. The predicted octanol–water partition coefficient (Wildman–Crippen LogP) is 0.953. The van der Waals surface area contributed by atoms with Crippen molar-refractivity contribution in [2.45, 2.75) is 37.6 Å². The molecule has 1 aromatic carbocycles. The van der Waals surface area contributed by atoms with Crippen LogP contribution in [0.15, 0.2) is 23.1 Å². The monoisotopic (exact) mass is 337 g/mol. The second kappa shape index (κ2) is 5.89. The largest absolute Gasteiger partial charge is 0.330 e. The molecule has 2 aliphatic rings. The van der Waals surface area contributed by atoms with Gasteiger partial charge in [-0.15, -0.1) is 0 Å². The van der Waals surface area contributed by atoms with Crippen LogP contribution >= 0.6 is 0 Å². The maximum absolute atomic E-state index is 13.0. The van der Waals surface area contributed by atoms with Crippen molar-refractivity contribution in [2.75, 3.05) is 24.5 Å². The van der Waals surface area contributed by atoms with Crippen LogP contribution in [0.25, 0.3) is 0 Å². The summed E-state index contributed by atoms with van der Waals surface area (Å²) in [6.07, 6.45) is 1.56. The summed E-state index contributed by atoms with van der Waals surface area (Å²) in [5, 5.41) is 0. The molecule has 0 bridgehead atoms. The summed E-state index contributed by atoms with van der Waals surface area (Å²) >= 11 is 0. The summed E-state index contributed by atoms with van der Waals surface area (Å²) in [7, 11) is -3.56. The van der Waals surface area contributed by atoms with Crippen molar-refractivity contribution in [1.82, 2.24) is 4.31 Å². The van der Waals surface area contributed by atoms with Gasteiger partial charge < -0.3 is 10.6 Å². The summed E-state index contributed by atoms with van der Waals surface area (Å²) in [6.45, 7) is 5.00. The van der Waals surface area contributed by atoms with Gasteiger partial charge in [0.25, 0.3) is 0 Å². The van der Waals surface area contributed by atoms with Gasteiger partial charge in [-0.25, -0.2) is 8.42 Å². The molecule has 0 aromatic heterocycles. The first kappa shape index (κ1) is 16.4. The standard InChI is InChI=1S/C16H23N3O3S/c1-11-7-13(9-17)10-19(11)23(21,22)15-4-3-14-5-6-18(12(2)20)16(14)8-15/h3-4,8,11,13H,5-7,9-10,17H2,1-2H3. The average Bonchev–Trinajstić information content (AvgIpc) is 3.09. The van der Waals surface area contributed by atoms with E-state index in [2.05, 4.69) is 0 Å². The average molecular weight is 337 g/mol. The molecule has 0 radical (unpaired) electrons. The van der Waals surface area contributed by atoms with Crippen molar-refractivity contribution in [3.05, 3.63) is 23.8 Å². The number of sulfonamides is 1. The molecule has 2 unspecified atom stereocenters. The fraction of sp³-hybridized carbons (Fsp3) is 0.562. The van der Waals surface area contributed by atoms with Gasteiger partial charge in [-0.2, -0.15) is 4.31 Å². The SMILES string of the molecule is CC(=O)N1CCc2ccc(S(=O)(=O)N3CC(CN)CC3C)cc21. The molecule has 7 heteroatoms. The highest BCUT2D eigenvalue weighted by atomic mass is 32.2. The number of carbonyl (C=O) groups is 1. The van der Waals surface area contributed by atoms with Crippen LogP contribution in [0.4, 0.5) is 5.69 Å². The van der Waals surface area contributed by atoms with Gasteiger partial charge in [-0.05, 0) is 49.9 Å². The van der Waals surface area contributed by atoms with Crippen LogP contribution in [0, 0.1) is 5.92 Å². The summed E-state index contributed by atoms with van der Waals surface area (Å²) in [6, 6.07) is 5.07. The summed E-state index contributed by atoms with van der Waals surface area (Å²) in [4.78, 5) is 13.6. The van der Waals surface area contributed by atoms with Crippen LogP contribution in [0.3, 0.4) is 0 Å². The Bertz CT molecular complexity index is 732. The minimum Gasteiger partial charge on any atom is -0.330 e. The van der Waals surface area contributed by atoms with E-state index in [9.17, 15) is 13.2 Å². The lowest BCUT2D eigenvalue weighted by Gasteiger charge is -2.22. The van der Waals surface area contributed by atoms with Crippen molar-refractivity contribution in [3.63, 3.8) is 0 Å². The van der Waals surface area contributed by atoms with Crippen LogP contribution < -0.4 is 10.6 Å². The van der Waals surface area contributed by atoms with Gasteiger partial charge in [0.1, 0.15) is 0 Å². The Hall–Kier alpha value is -1.44. The molecule has 0 spiro atoms. The molecule has 1 aromatic rings. The highest BCUT2D eigenvalue weighted by Crippen LogP contribution is 2.34. The number of fused-ring (bicyclic) bond motifs is 1. The number of nitrogens with zero attached hydrogens (tertiary/aromatic N) is 2. The summed E-state index contributed by atoms with van der Waals surface area (Å²) in [5.41, 5.74) is 7.44. The maximum atomic E-state index is 13.0. The van der Waals surface area contributed by atoms with Crippen molar-refractivity contribution in [3.8, 4) is 0 Å². The molecular formula is C16H23N3O3S. The van der Waals surface area contributed by atoms with Crippen LogP contribution in [-0.2, 0) is 21.2 Å². The first-order valence-electron chi connectivity index (χ1n) is 7.97. The van der Waals surface area contributed by atoms with E-state index >= 15 is 0 Å². The fourth-order valence-electron chi connectivity index (χ4n) is 3.60. The Kier molecular flexibility index (Phi) is 4.20. The van der Waals surface area contributed by atoms with E-state index < -0.39 is 10.0 Å². The molecule has 2 N–H and O–H groups in total.